The zero-order valence-corrected chi connectivity index (χ0v) is 15.6. The Kier molecular flexibility index (Phi) is 6.82. The van der Waals surface area contributed by atoms with Crippen LogP contribution in [0.1, 0.15) is 23.7 Å². The minimum atomic E-state index is -0.448. The van der Waals surface area contributed by atoms with Crippen LogP contribution in [0.3, 0.4) is 0 Å². The first-order valence-electron chi connectivity index (χ1n) is 7.83. The SMILES string of the molecule is CCCNC(=O)c1ccc(OC)cc1NC(=O)Nc1cccc(Br)c1. The van der Waals surface area contributed by atoms with E-state index in [9.17, 15) is 9.59 Å². The van der Waals surface area contributed by atoms with Crippen LogP contribution in [0.2, 0.25) is 0 Å². The summed E-state index contributed by atoms with van der Waals surface area (Å²) in [6.07, 6.45) is 0.827. The summed E-state index contributed by atoms with van der Waals surface area (Å²) in [5, 5.41) is 8.23. The molecule has 0 aliphatic carbocycles. The minimum absolute atomic E-state index is 0.248. The van der Waals surface area contributed by atoms with Gasteiger partial charge in [-0.05, 0) is 36.8 Å². The van der Waals surface area contributed by atoms with Gasteiger partial charge in [0.1, 0.15) is 5.75 Å². The number of hydrogen-bond donors (Lipinski definition) is 3. The molecule has 0 aliphatic heterocycles. The van der Waals surface area contributed by atoms with E-state index in [0.29, 0.717) is 29.2 Å². The van der Waals surface area contributed by atoms with E-state index < -0.39 is 6.03 Å². The van der Waals surface area contributed by atoms with Gasteiger partial charge in [-0.25, -0.2) is 4.79 Å². The predicted octanol–water partition coefficient (Wildman–Crippen LogP) is 4.24. The summed E-state index contributed by atoms with van der Waals surface area (Å²) in [6.45, 7) is 2.54. The summed E-state index contributed by atoms with van der Waals surface area (Å²) in [4.78, 5) is 24.6. The summed E-state index contributed by atoms with van der Waals surface area (Å²) in [5.74, 6) is 0.298. The van der Waals surface area contributed by atoms with E-state index in [1.165, 1.54) is 7.11 Å². The molecule has 3 amide bonds. The first-order chi connectivity index (χ1) is 12.0. The predicted molar refractivity (Wildman–Crippen MR) is 102 cm³/mol. The van der Waals surface area contributed by atoms with E-state index >= 15 is 0 Å². The Balaban J connectivity index is 2.18. The van der Waals surface area contributed by atoms with Crippen LogP contribution in [0, 0.1) is 0 Å². The van der Waals surface area contributed by atoms with Gasteiger partial charge >= 0.3 is 6.03 Å². The highest BCUT2D eigenvalue weighted by Crippen LogP contribution is 2.23. The minimum Gasteiger partial charge on any atom is -0.497 e. The van der Waals surface area contributed by atoms with Gasteiger partial charge in [0, 0.05) is 22.8 Å². The second kappa shape index (κ2) is 9.08. The maximum absolute atomic E-state index is 12.3. The number of amides is 3. The molecule has 0 fully saturated rings. The fourth-order valence-corrected chi connectivity index (χ4v) is 2.54. The van der Waals surface area contributed by atoms with Crippen LogP contribution in [0.15, 0.2) is 46.9 Å². The van der Waals surface area contributed by atoms with Crippen molar-refractivity contribution in [1.82, 2.24) is 5.32 Å². The Morgan fingerprint density at radius 3 is 2.60 bits per heavy atom. The van der Waals surface area contributed by atoms with Crippen LogP contribution in [-0.2, 0) is 0 Å². The molecule has 0 saturated heterocycles. The van der Waals surface area contributed by atoms with Crippen LogP contribution in [0.25, 0.3) is 0 Å². The first kappa shape index (κ1) is 18.8. The lowest BCUT2D eigenvalue weighted by Gasteiger charge is -2.13. The molecule has 7 heteroatoms. The van der Waals surface area contributed by atoms with Crippen molar-refractivity contribution in [3.05, 3.63) is 52.5 Å². The topological polar surface area (TPSA) is 79.5 Å². The molecule has 0 aromatic heterocycles. The van der Waals surface area contributed by atoms with E-state index in [-0.39, 0.29) is 5.91 Å². The highest BCUT2D eigenvalue weighted by molar-refractivity contribution is 9.10. The second-order valence-electron chi connectivity index (χ2n) is 5.26. The Labute approximate surface area is 155 Å². The molecule has 3 N–H and O–H groups in total. The van der Waals surface area contributed by atoms with Crippen molar-refractivity contribution in [3.8, 4) is 5.75 Å². The van der Waals surface area contributed by atoms with Crippen molar-refractivity contribution in [2.24, 2.45) is 0 Å². The molecule has 2 rings (SSSR count). The van der Waals surface area contributed by atoms with Gasteiger partial charge in [0.2, 0.25) is 0 Å². The Morgan fingerprint density at radius 2 is 1.92 bits per heavy atom. The number of hydrogen-bond acceptors (Lipinski definition) is 3. The van der Waals surface area contributed by atoms with Gasteiger partial charge in [0.05, 0.1) is 18.4 Å². The fraction of sp³-hybridized carbons (Fsp3) is 0.222. The number of benzene rings is 2. The Hall–Kier alpha value is -2.54. The van der Waals surface area contributed by atoms with Crippen molar-refractivity contribution in [3.63, 3.8) is 0 Å². The number of carbonyl (C=O) groups is 2. The van der Waals surface area contributed by atoms with Gasteiger partial charge < -0.3 is 20.7 Å². The maximum Gasteiger partial charge on any atom is 0.323 e. The van der Waals surface area contributed by atoms with E-state index in [4.69, 9.17) is 4.74 Å². The van der Waals surface area contributed by atoms with Gasteiger partial charge in [-0.15, -0.1) is 0 Å². The van der Waals surface area contributed by atoms with Crippen LogP contribution in [-0.4, -0.2) is 25.6 Å². The molecule has 0 radical (unpaired) electrons. The Morgan fingerprint density at radius 1 is 1.12 bits per heavy atom. The average molecular weight is 406 g/mol. The third-order valence-electron chi connectivity index (χ3n) is 3.34. The highest BCUT2D eigenvalue weighted by Gasteiger charge is 2.14. The second-order valence-corrected chi connectivity index (χ2v) is 6.17. The molecule has 0 unspecified atom stereocenters. The van der Waals surface area contributed by atoms with E-state index in [2.05, 4.69) is 31.9 Å². The molecular formula is C18H20BrN3O3. The molecule has 2 aromatic carbocycles. The summed E-state index contributed by atoms with van der Waals surface area (Å²) >= 11 is 3.35. The maximum atomic E-state index is 12.3. The standard InChI is InChI=1S/C18H20BrN3O3/c1-3-9-20-17(23)15-8-7-14(25-2)11-16(15)22-18(24)21-13-6-4-5-12(19)10-13/h4-8,10-11H,3,9H2,1-2H3,(H,20,23)(H2,21,22,24). The summed E-state index contributed by atoms with van der Waals surface area (Å²) in [6, 6.07) is 11.7. The zero-order chi connectivity index (χ0) is 18.2. The van der Waals surface area contributed by atoms with Gasteiger partial charge in [0.25, 0.3) is 5.91 Å². The monoisotopic (exact) mass is 405 g/mol. The van der Waals surface area contributed by atoms with E-state index in [1.54, 1.807) is 30.3 Å². The molecule has 132 valence electrons. The highest BCUT2D eigenvalue weighted by atomic mass is 79.9. The normalized spacial score (nSPS) is 10.0. The Bertz CT molecular complexity index is 765. The number of rotatable bonds is 6. The molecule has 0 bridgehead atoms. The molecular weight excluding hydrogens is 386 g/mol. The van der Waals surface area contributed by atoms with E-state index in [1.807, 2.05) is 19.1 Å². The molecule has 0 atom stereocenters. The summed E-state index contributed by atoms with van der Waals surface area (Å²) in [7, 11) is 1.53. The van der Waals surface area contributed by atoms with Crippen molar-refractivity contribution in [2.75, 3.05) is 24.3 Å². The number of halogens is 1. The largest absolute Gasteiger partial charge is 0.497 e. The van der Waals surface area contributed by atoms with Crippen molar-refractivity contribution in [2.45, 2.75) is 13.3 Å². The van der Waals surface area contributed by atoms with Crippen LogP contribution in [0.4, 0.5) is 16.2 Å². The molecule has 0 saturated carbocycles. The van der Waals surface area contributed by atoms with Crippen LogP contribution < -0.4 is 20.7 Å². The quantitative estimate of drug-likeness (QED) is 0.672. The van der Waals surface area contributed by atoms with Gasteiger partial charge in [-0.1, -0.05) is 28.9 Å². The van der Waals surface area contributed by atoms with Crippen LogP contribution in [0.5, 0.6) is 5.75 Å². The lowest BCUT2D eigenvalue weighted by Crippen LogP contribution is -2.27. The van der Waals surface area contributed by atoms with Gasteiger partial charge in [-0.3, -0.25) is 4.79 Å². The number of urea groups is 1. The van der Waals surface area contributed by atoms with Gasteiger partial charge in [-0.2, -0.15) is 0 Å². The lowest BCUT2D eigenvalue weighted by atomic mass is 10.1. The number of methoxy groups -OCH3 is 1. The summed E-state index contributed by atoms with van der Waals surface area (Å²) < 4.78 is 6.03. The zero-order valence-electron chi connectivity index (χ0n) is 14.1. The average Bonchev–Trinajstić information content (AvgIpc) is 2.59. The summed E-state index contributed by atoms with van der Waals surface area (Å²) in [5.41, 5.74) is 1.38. The smallest absolute Gasteiger partial charge is 0.323 e. The molecule has 0 spiro atoms. The number of nitrogens with one attached hydrogen (secondary N) is 3. The third kappa shape index (κ3) is 5.49. The van der Waals surface area contributed by atoms with Crippen molar-refractivity contribution in [1.29, 1.82) is 0 Å². The first-order valence-corrected chi connectivity index (χ1v) is 8.62. The number of ether oxygens (including phenoxy) is 1. The molecule has 6 nitrogen and oxygen atoms in total. The van der Waals surface area contributed by atoms with Gasteiger partial charge in [0.15, 0.2) is 0 Å². The fourth-order valence-electron chi connectivity index (χ4n) is 2.14. The molecule has 0 aliphatic rings. The molecule has 25 heavy (non-hydrogen) atoms. The van der Waals surface area contributed by atoms with Crippen molar-refractivity contribution >= 4 is 39.2 Å². The van der Waals surface area contributed by atoms with Crippen LogP contribution >= 0.6 is 15.9 Å². The van der Waals surface area contributed by atoms with Crippen molar-refractivity contribution < 1.29 is 14.3 Å². The lowest BCUT2D eigenvalue weighted by molar-refractivity contribution is 0.0954. The number of carbonyl (C=O) groups excluding carboxylic acids is 2. The third-order valence-corrected chi connectivity index (χ3v) is 3.83. The van der Waals surface area contributed by atoms with E-state index in [0.717, 1.165) is 10.9 Å². The molecule has 0 heterocycles. The number of anilines is 2. The molecule has 2 aromatic rings.